The minimum absolute atomic E-state index is 0.0374. The molecular weight excluding hydrogens is 340 g/mol. The minimum Gasteiger partial charge on any atom is -0.480 e. The standard InChI is InChI=1S/C22H24N2O3/c1-14-6-8-15(9-7-14)17-10-18(13-23-12-17)21(25)24-19-5-3-2-4-16(19)11-20(24)22(26)27/h6-10,12-13,16,19-20H,2-5,11H2,1H3,(H,26,27). The highest BCUT2D eigenvalue weighted by molar-refractivity contribution is 5.98. The Labute approximate surface area is 159 Å². The molecule has 0 radical (unpaired) electrons. The van der Waals surface area contributed by atoms with E-state index < -0.39 is 12.0 Å². The first-order valence-corrected chi connectivity index (χ1v) is 9.62. The average molecular weight is 364 g/mol. The summed E-state index contributed by atoms with van der Waals surface area (Å²) >= 11 is 0. The number of benzene rings is 1. The number of aryl methyl sites for hydroxylation is 1. The van der Waals surface area contributed by atoms with Crippen molar-refractivity contribution in [3.8, 4) is 11.1 Å². The molecule has 140 valence electrons. The molecule has 0 bridgehead atoms. The van der Waals surface area contributed by atoms with Crippen LogP contribution in [-0.2, 0) is 4.79 Å². The van der Waals surface area contributed by atoms with Crippen molar-refractivity contribution in [2.75, 3.05) is 0 Å². The molecule has 27 heavy (non-hydrogen) atoms. The van der Waals surface area contributed by atoms with Gasteiger partial charge in [0.1, 0.15) is 6.04 Å². The number of carbonyl (C=O) groups is 2. The highest BCUT2D eigenvalue weighted by Crippen LogP contribution is 2.40. The van der Waals surface area contributed by atoms with E-state index in [2.05, 4.69) is 4.98 Å². The predicted octanol–water partition coefficient (Wildman–Crippen LogP) is 3.91. The molecular formula is C22H24N2O3. The number of hydrogen-bond acceptors (Lipinski definition) is 3. The number of pyridine rings is 1. The van der Waals surface area contributed by atoms with Gasteiger partial charge in [-0.15, -0.1) is 0 Å². The Balaban J connectivity index is 1.66. The fourth-order valence-corrected chi connectivity index (χ4v) is 4.58. The molecule has 5 heteroatoms. The molecule has 2 fully saturated rings. The largest absolute Gasteiger partial charge is 0.480 e. The van der Waals surface area contributed by atoms with Crippen molar-refractivity contribution < 1.29 is 14.7 Å². The summed E-state index contributed by atoms with van der Waals surface area (Å²) in [5, 5.41) is 9.68. The Morgan fingerprint density at radius 1 is 1.07 bits per heavy atom. The predicted molar refractivity (Wildman–Crippen MR) is 102 cm³/mol. The zero-order valence-corrected chi connectivity index (χ0v) is 15.5. The van der Waals surface area contributed by atoms with Crippen molar-refractivity contribution in [1.29, 1.82) is 0 Å². The number of carbonyl (C=O) groups excluding carboxylic acids is 1. The number of rotatable bonds is 3. The highest BCUT2D eigenvalue weighted by atomic mass is 16.4. The molecule has 4 rings (SSSR count). The van der Waals surface area contributed by atoms with Gasteiger partial charge in [0, 0.05) is 24.0 Å². The fourth-order valence-electron chi connectivity index (χ4n) is 4.58. The first kappa shape index (κ1) is 17.7. The molecule has 1 N–H and O–H groups in total. The lowest BCUT2D eigenvalue weighted by molar-refractivity contribution is -0.141. The molecule has 1 amide bonds. The van der Waals surface area contributed by atoms with E-state index in [4.69, 9.17) is 0 Å². The second-order valence-electron chi connectivity index (χ2n) is 7.74. The lowest BCUT2D eigenvalue weighted by Gasteiger charge is -2.33. The van der Waals surface area contributed by atoms with Gasteiger partial charge in [0.25, 0.3) is 5.91 Å². The van der Waals surface area contributed by atoms with Gasteiger partial charge in [-0.3, -0.25) is 9.78 Å². The van der Waals surface area contributed by atoms with E-state index in [1.807, 2.05) is 37.3 Å². The van der Waals surface area contributed by atoms with Crippen LogP contribution in [0.3, 0.4) is 0 Å². The first-order chi connectivity index (χ1) is 13.0. The van der Waals surface area contributed by atoms with Crippen LogP contribution in [-0.4, -0.2) is 39.0 Å². The van der Waals surface area contributed by atoms with Crippen molar-refractivity contribution >= 4 is 11.9 Å². The third-order valence-corrected chi connectivity index (χ3v) is 5.98. The molecule has 3 atom stereocenters. The Hall–Kier alpha value is -2.69. The van der Waals surface area contributed by atoms with Crippen molar-refractivity contribution in [3.63, 3.8) is 0 Å². The number of nitrogens with zero attached hydrogens (tertiary/aromatic N) is 2. The maximum absolute atomic E-state index is 13.3. The summed E-state index contributed by atoms with van der Waals surface area (Å²) in [6, 6.07) is 9.20. The van der Waals surface area contributed by atoms with Crippen LogP contribution in [0, 0.1) is 12.8 Å². The summed E-state index contributed by atoms with van der Waals surface area (Å²) in [5.41, 5.74) is 3.50. The molecule has 5 nitrogen and oxygen atoms in total. The van der Waals surface area contributed by atoms with Gasteiger partial charge in [0.05, 0.1) is 5.56 Å². The summed E-state index contributed by atoms with van der Waals surface area (Å²) in [7, 11) is 0. The van der Waals surface area contributed by atoms with E-state index in [9.17, 15) is 14.7 Å². The van der Waals surface area contributed by atoms with Crippen LogP contribution < -0.4 is 0 Å². The molecule has 1 aromatic heterocycles. The SMILES string of the molecule is Cc1ccc(-c2cncc(C(=O)N3C(C(=O)O)CC4CCCCC43)c2)cc1. The first-order valence-electron chi connectivity index (χ1n) is 9.62. The smallest absolute Gasteiger partial charge is 0.326 e. The lowest BCUT2D eigenvalue weighted by Crippen LogP contribution is -2.46. The Morgan fingerprint density at radius 3 is 2.56 bits per heavy atom. The number of carboxylic acid groups (broad SMARTS) is 1. The van der Waals surface area contributed by atoms with Crippen LogP contribution in [0.1, 0.15) is 48.0 Å². The van der Waals surface area contributed by atoms with E-state index in [1.165, 1.54) is 5.56 Å². The quantitative estimate of drug-likeness (QED) is 0.896. The van der Waals surface area contributed by atoms with Crippen molar-refractivity contribution in [3.05, 3.63) is 53.9 Å². The second-order valence-corrected chi connectivity index (χ2v) is 7.74. The van der Waals surface area contributed by atoms with Gasteiger partial charge in [-0.2, -0.15) is 0 Å². The molecule has 1 saturated carbocycles. The number of hydrogen-bond donors (Lipinski definition) is 1. The van der Waals surface area contributed by atoms with Crippen molar-refractivity contribution in [2.24, 2.45) is 5.92 Å². The van der Waals surface area contributed by atoms with Crippen LogP contribution in [0.2, 0.25) is 0 Å². The maximum Gasteiger partial charge on any atom is 0.326 e. The Bertz CT molecular complexity index is 862. The number of amides is 1. The summed E-state index contributed by atoms with van der Waals surface area (Å²) in [6.45, 7) is 2.03. The molecule has 0 spiro atoms. The van der Waals surface area contributed by atoms with Gasteiger partial charge in [0.2, 0.25) is 0 Å². The number of aliphatic carboxylic acids is 1. The van der Waals surface area contributed by atoms with E-state index >= 15 is 0 Å². The van der Waals surface area contributed by atoms with Crippen LogP contribution in [0.25, 0.3) is 11.1 Å². The zero-order chi connectivity index (χ0) is 19.0. The Morgan fingerprint density at radius 2 is 1.81 bits per heavy atom. The van der Waals surface area contributed by atoms with Crippen LogP contribution >= 0.6 is 0 Å². The van der Waals surface area contributed by atoms with Crippen LogP contribution in [0.5, 0.6) is 0 Å². The van der Waals surface area contributed by atoms with E-state index in [1.54, 1.807) is 17.3 Å². The van der Waals surface area contributed by atoms with Gasteiger partial charge >= 0.3 is 5.97 Å². The number of fused-ring (bicyclic) bond motifs is 1. The number of aromatic nitrogens is 1. The van der Waals surface area contributed by atoms with Crippen molar-refractivity contribution in [2.45, 2.75) is 51.1 Å². The average Bonchev–Trinajstić information content (AvgIpc) is 3.08. The third kappa shape index (κ3) is 3.34. The molecule has 1 aliphatic carbocycles. The third-order valence-electron chi connectivity index (χ3n) is 5.98. The summed E-state index contributed by atoms with van der Waals surface area (Å²) in [4.78, 5) is 31.0. The molecule has 1 saturated heterocycles. The van der Waals surface area contributed by atoms with Gasteiger partial charge < -0.3 is 10.0 Å². The molecule has 3 unspecified atom stereocenters. The van der Waals surface area contributed by atoms with Gasteiger partial charge in [-0.25, -0.2) is 4.79 Å². The van der Waals surface area contributed by atoms with Gasteiger partial charge in [0.15, 0.2) is 0 Å². The molecule has 2 heterocycles. The molecule has 1 aliphatic heterocycles. The van der Waals surface area contributed by atoms with Crippen molar-refractivity contribution in [1.82, 2.24) is 9.88 Å². The van der Waals surface area contributed by atoms with Gasteiger partial charge in [-0.05, 0) is 43.7 Å². The number of likely N-dealkylation sites (tertiary alicyclic amines) is 1. The monoisotopic (exact) mass is 364 g/mol. The Kier molecular flexibility index (Phi) is 4.68. The normalized spacial score (nSPS) is 24.5. The molecule has 2 aromatic rings. The maximum atomic E-state index is 13.3. The van der Waals surface area contributed by atoms with E-state index in [-0.39, 0.29) is 11.9 Å². The van der Waals surface area contributed by atoms with E-state index in [0.717, 1.165) is 36.8 Å². The highest BCUT2D eigenvalue weighted by Gasteiger charge is 2.47. The molecule has 1 aromatic carbocycles. The fraction of sp³-hybridized carbons (Fsp3) is 0.409. The minimum atomic E-state index is -0.902. The van der Waals surface area contributed by atoms with Crippen LogP contribution in [0.15, 0.2) is 42.7 Å². The topological polar surface area (TPSA) is 70.5 Å². The lowest BCUT2D eigenvalue weighted by atomic mass is 9.84. The summed E-state index contributed by atoms with van der Waals surface area (Å²) in [6.07, 6.45) is 7.94. The summed E-state index contributed by atoms with van der Waals surface area (Å²) < 4.78 is 0. The second kappa shape index (κ2) is 7.14. The van der Waals surface area contributed by atoms with Crippen LogP contribution in [0.4, 0.5) is 0 Å². The number of carboxylic acids is 1. The zero-order valence-electron chi connectivity index (χ0n) is 15.5. The van der Waals surface area contributed by atoms with Gasteiger partial charge in [-0.1, -0.05) is 42.7 Å². The summed E-state index contributed by atoms with van der Waals surface area (Å²) in [5.74, 6) is -0.810. The molecule has 2 aliphatic rings. The van der Waals surface area contributed by atoms with E-state index in [0.29, 0.717) is 17.9 Å².